The molecule has 5 nitrogen and oxygen atoms in total. The summed E-state index contributed by atoms with van der Waals surface area (Å²) in [5.41, 5.74) is 0.692. The molecule has 0 radical (unpaired) electrons. The van der Waals surface area contributed by atoms with Crippen molar-refractivity contribution in [3.05, 3.63) is 29.8 Å². The number of hydrogen-bond donors (Lipinski definition) is 0. The maximum absolute atomic E-state index is 10.6. The van der Waals surface area contributed by atoms with Crippen LogP contribution in [0.15, 0.2) is 24.3 Å². The third-order valence-corrected chi connectivity index (χ3v) is 3.74. The molecule has 0 aromatic heterocycles. The summed E-state index contributed by atoms with van der Waals surface area (Å²) in [7, 11) is -4.40. The van der Waals surface area contributed by atoms with Gasteiger partial charge in [-0.1, -0.05) is 17.7 Å². The van der Waals surface area contributed by atoms with E-state index in [2.05, 4.69) is 0 Å². The fourth-order valence-electron chi connectivity index (χ4n) is 0.982. The molecule has 0 saturated carbocycles. The van der Waals surface area contributed by atoms with Gasteiger partial charge in [-0.15, -0.1) is 5.75 Å². The largest absolute Gasteiger partial charge is 1.00 e. The predicted molar refractivity (Wildman–Crippen MR) is 59.9 cm³/mol. The first-order valence-corrected chi connectivity index (χ1v) is 7.38. The quantitative estimate of drug-likeness (QED) is 0.105. The van der Waals surface area contributed by atoms with Crippen LogP contribution in [0.5, 0.6) is 5.75 Å². The van der Waals surface area contributed by atoms with Crippen molar-refractivity contribution in [2.75, 3.05) is 0 Å². The Morgan fingerprint density at radius 2 is 1.78 bits per heavy atom. The minimum atomic E-state index is -4.21. The second-order valence-corrected chi connectivity index (χ2v) is 6.50. The Bertz CT molecular complexity index is 472. The number of thiol groups is 1. The van der Waals surface area contributed by atoms with Gasteiger partial charge in [0.2, 0.25) is 0 Å². The van der Waals surface area contributed by atoms with Crippen molar-refractivity contribution in [1.29, 1.82) is 0 Å². The van der Waals surface area contributed by atoms with Gasteiger partial charge in [0.25, 0.3) is 0 Å². The van der Waals surface area contributed by atoms with Crippen molar-refractivity contribution in [3.63, 3.8) is 0 Å². The molecule has 0 atom stereocenters. The van der Waals surface area contributed by atoms with E-state index in [-0.39, 0.29) is 75.7 Å². The van der Waals surface area contributed by atoms with Crippen LogP contribution in [0.3, 0.4) is 0 Å². The summed E-state index contributed by atoms with van der Waals surface area (Å²) in [6.07, 6.45) is 0. The van der Waals surface area contributed by atoms with Gasteiger partial charge in [-0.25, -0.2) is 0 Å². The van der Waals surface area contributed by atoms with Crippen LogP contribution < -0.4 is 63.9 Å². The van der Waals surface area contributed by atoms with E-state index in [0.29, 0.717) is 11.3 Å². The molecule has 0 saturated heterocycles. The summed E-state index contributed by atoms with van der Waals surface area (Å²) in [6.45, 7) is 1.29. The molecule has 1 rings (SSSR count). The molecule has 0 aliphatic rings. The molecule has 1 aromatic rings. The minimum Gasteiger partial charge on any atom is -0.766 e. The number of esters is 1. The van der Waals surface area contributed by atoms with Gasteiger partial charge in [0.1, 0.15) is 5.75 Å². The first-order chi connectivity index (χ1) is 7.37. The van der Waals surface area contributed by atoms with E-state index in [1.54, 1.807) is 24.3 Å². The van der Waals surface area contributed by atoms with Gasteiger partial charge in [0, 0.05) is 16.1 Å². The first kappa shape index (κ1) is 21.3. The fourth-order valence-corrected chi connectivity index (χ4v) is 2.42. The van der Waals surface area contributed by atoms with Gasteiger partial charge in [-0.05, 0) is 12.1 Å². The van der Waals surface area contributed by atoms with Crippen molar-refractivity contribution in [3.8, 4) is 5.75 Å². The molecule has 0 spiro atoms. The Balaban J connectivity index is 0. The molecule has 1 aromatic carbocycles. The Morgan fingerprint density at radius 3 is 2.17 bits per heavy atom. The van der Waals surface area contributed by atoms with Crippen molar-refractivity contribution in [2.45, 2.75) is 12.7 Å². The third-order valence-electron chi connectivity index (χ3n) is 1.59. The van der Waals surface area contributed by atoms with Crippen molar-refractivity contribution in [2.24, 2.45) is 0 Å². The van der Waals surface area contributed by atoms with E-state index in [0.717, 1.165) is 0 Å². The monoisotopic (exact) mass is 308 g/mol. The Morgan fingerprint density at radius 1 is 1.28 bits per heavy atom. The summed E-state index contributed by atoms with van der Waals surface area (Å²) in [5.74, 6) is 0.0949. The van der Waals surface area contributed by atoms with Crippen LogP contribution in [0.4, 0.5) is 0 Å². The van der Waals surface area contributed by atoms with Crippen LogP contribution in [-0.4, -0.2) is 18.9 Å². The summed E-state index contributed by atoms with van der Waals surface area (Å²) in [4.78, 5) is 10.6. The van der Waals surface area contributed by atoms with Crippen LogP contribution in [0.1, 0.15) is 12.5 Å². The third kappa shape index (κ3) is 9.82. The number of hydrogen-bond acceptors (Lipinski definition) is 6. The number of rotatable bonds is 4. The first-order valence-electron chi connectivity index (χ1n) is 4.29. The average molecular weight is 308 g/mol. The zero-order valence-electron chi connectivity index (χ0n) is 10.4. The average Bonchev–Trinajstić information content (AvgIpc) is 2.14. The van der Waals surface area contributed by atoms with Crippen molar-refractivity contribution in [1.82, 2.24) is 0 Å². The molecule has 0 amide bonds. The van der Waals surface area contributed by atoms with E-state index in [4.69, 9.17) is 4.74 Å². The second kappa shape index (κ2) is 9.79. The number of benzene rings is 1. The molecule has 0 N–H and O–H groups in total. The van der Waals surface area contributed by atoms with Gasteiger partial charge in [-0.2, -0.15) is 0 Å². The molecule has 9 heteroatoms. The molecular weight excluding hydrogens is 298 g/mol. The molecule has 0 bridgehead atoms. The molecule has 0 unspecified atom stereocenters. The molecular formula is C9H10Na2O5S2. The SMILES string of the molecule is CC(=O)Oc1ccc(C[SH-]S(=O)(=O)[O-])cc1.[Na+].[Na+]. The van der Waals surface area contributed by atoms with Crippen LogP contribution in [0.25, 0.3) is 0 Å². The van der Waals surface area contributed by atoms with E-state index >= 15 is 0 Å². The maximum Gasteiger partial charge on any atom is 1.00 e. The molecule has 0 fully saturated rings. The van der Waals surface area contributed by atoms with Crippen LogP contribution in [-0.2, 0) is 30.5 Å². The molecule has 18 heavy (non-hydrogen) atoms. The zero-order chi connectivity index (χ0) is 12.2. The van der Waals surface area contributed by atoms with Gasteiger partial charge in [0.05, 0.1) is 0 Å². The van der Waals surface area contributed by atoms with E-state index < -0.39 is 15.1 Å². The normalized spacial score (nSPS) is 10.1. The Hall–Kier alpha value is 0.950. The Labute approximate surface area is 154 Å². The van der Waals surface area contributed by atoms with Crippen molar-refractivity contribution >= 4 is 25.9 Å². The van der Waals surface area contributed by atoms with Gasteiger partial charge < -0.3 is 20.1 Å². The van der Waals surface area contributed by atoms with Gasteiger partial charge >= 0.3 is 65.1 Å². The number of ether oxygens (including phenoxy) is 1. The smallest absolute Gasteiger partial charge is 0.766 e. The second-order valence-electron chi connectivity index (χ2n) is 2.95. The summed E-state index contributed by atoms with van der Waals surface area (Å²) >= 11 is 0. The van der Waals surface area contributed by atoms with Crippen LogP contribution in [0.2, 0.25) is 0 Å². The van der Waals surface area contributed by atoms with E-state index in [1.165, 1.54) is 6.92 Å². The van der Waals surface area contributed by atoms with Crippen molar-refractivity contribution < 1.29 is 81.6 Å². The van der Waals surface area contributed by atoms with Crippen LogP contribution in [0, 0.1) is 0 Å². The minimum absolute atomic E-state index is 0. The molecule has 0 aliphatic carbocycles. The summed E-state index contributed by atoms with van der Waals surface area (Å²) < 4.78 is 35.9. The maximum atomic E-state index is 10.6. The summed E-state index contributed by atoms with van der Waals surface area (Å²) in [6, 6.07) is 6.31. The number of carbonyl (C=O) groups excluding carboxylic acids is 1. The van der Waals surface area contributed by atoms with Gasteiger partial charge in [0.15, 0.2) is 0 Å². The molecule has 90 valence electrons. The topological polar surface area (TPSA) is 83.5 Å². The van der Waals surface area contributed by atoms with E-state index in [9.17, 15) is 17.8 Å². The predicted octanol–water partition coefficient (Wildman–Crippen LogP) is -5.60. The number of carbonyl (C=O) groups is 1. The van der Waals surface area contributed by atoms with E-state index in [1.807, 2.05) is 0 Å². The standard InChI is InChI=1S/C9H11O5S2.2Na/c1-7(10)14-9-4-2-8(3-5-9)6-15-16(11,12)13;;/h2-5,15H,6H2,1H3,(H,11,12,13);;/q-1;2*+1/p-1. The molecule has 0 aliphatic heterocycles. The fraction of sp³-hybridized carbons (Fsp3) is 0.222. The van der Waals surface area contributed by atoms with Crippen LogP contribution >= 0.6 is 0 Å². The van der Waals surface area contributed by atoms with Gasteiger partial charge in [-0.3, -0.25) is 13.2 Å². The summed E-state index contributed by atoms with van der Waals surface area (Å²) in [5, 5.41) is 0. The molecule has 0 heterocycles. The zero-order valence-corrected chi connectivity index (χ0v) is 16.1. The Kier molecular flexibility index (Phi) is 11.6.